The van der Waals surface area contributed by atoms with Gasteiger partial charge in [0.2, 0.25) is 0 Å². The van der Waals surface area contributed by atoms with Crippen LogP contribution in [0.3, 0.4) is 0 Å². The Hall–Kier alpha value is -1.77. The number of carbonyl (C=O) groups is 1. The second-order valence-electron chi connectivity index (χ2n) is 3.11. The lowest BCUT2D eigenvalue weighted by Crippen LogP contribution is -2.19. The van der Waals surface area contributed by atoms with E-state index < -0.39 is 6.16 Å². The summed E-state index contributed by atoms with van der Waals surface area (Å²) in [6, 6.07) is 9.55. The average Bonchev–Trinajstić information content (AvgIpc) is 2.18. The van der Waals surface area contributed by atoms with E-state index in [2.05, 4.69) is 11.3 Å². The average molecular weight is 190 g/mol. The predicted octanol–water partition coefficient (Wildman–Crippen LogP) is 2.80. The van der Waals surface area contributed by atoms with Crippen molar-refractivity contribution < 1.29 is 14.3 Å². The van der Waals surface area contributed by atoms with Crippen molar-refractivity contribution in [3.8, 4) is 0 Å². The van der Waals surface area contributed by atoms with Crippen LogP contribution in [0.15, 0.2) is 42.7 Å². The summed E-state index contributed by atoms with van der Waals surface area (Å²) in [7, 11) is 0. The van der Waals surface area contributed by atoms with E-state index in [9.17, 15) is 4.79 Å². The molecule has 1 aromatic carbocycles. The summed E-state index contributed by atoms with van der Waals surface area (Å²) < 4.78 is 9.70. The molecule has 3 heteroatoms. The lowest BCUT2D eigenvalue weighted by molar-refractivity contribution is 0.00516. The number of benzene rings is 1. The number of rotatable bonds is 1. The number of carbonyl (C=O) groups excluding carboxylic acids is 1. The van der Waals surface area contributed by atoms with Crippen molar-refractivity contribution in [1.82, 2.24) is 0 Å². The van der Waals surface area contributed by atoms with Crippen LogP contribution >= 0.6 is 0 Å². The van der Waals surface area contributed by atoms with Crippen LogP contribution in [0.25, 0.3) is 0 Å². The summed E-state index contributed by atoms with van der Waals surface area (Å²) in [5, 5.41) is 0. The Balaban J connectivity index is 2.19. The van der Waals surface area contributed by atoms with E-state index in [0.717, 1.165) is 5.56 Å². The van der Waals surface area contributed by atoms with Gasteiger partial charge in [0.15, 0.2) is 0 Å². The van der Waals surface area contributed by atoms with Gasteiger partial charge in [-0.05, 0) is 5.56 Å². The lowest BCUT2D eigenvalue weighted by Gasteiger charge is -2.23. The van der Waals surface area contributed by atoms with E-state index in [0.29, 0.717) is 12.2 Å². The fourth-order valence-electron chi connectivity index (χ4n) is 1.40. The first-order valence-electron chi connectivity index (χ1n) is 4.37. The van der Waals surface area contributed by atoms with Gasteiger partial charge in [0.05, 0.1) is 0 Å². The highest BCUT2D eigenvalue weighted by molar-refractivity contribution is 5.63. The van der Waals surface area contributed by atoms with Gasteiger partial charge < -0.3 is 9.47 Å². The largest absolute Gasteiger partial charge is 0.514 e. The van der Waals surface area contributed by atoms with Gasteiger partial charge >= 0.3 is 6.16 Å². The first kappa shape index (κ1) is 8.81. The van der Waals surface area contributed by atoms with E-state index in [1.807, 2.05) is 30.3 Å². The number of hydrogen-bond acceptors (Lipinski definition) is 3. The molecular formula is C11H10O3. The molecule has 1 heterocycles. The number of cyclic esters (lactones) is 2. The van der Waals surface area contributed by atoms with Gasteiger partial charge in [0.25, 0.3) is 0 Å². The summed E-state index contributed by atoms with van der Waals surface area (Å²) >= 11 is 0. The van der Waals surface area contributed by atoms with Crippen molar-refractivity contribution in [1.29, 1.82) is 0 Å². The van der Waals surface area contributed by atoms with E-state index in [4.69, 9.17) is 4.74 Å². The van der Waals surface area contributed by atoms with Crippen molar-refractivity contribution in [3.63, 3.8) is 0 Å². The summed E-state index contributed by atoms with van der Waals surface area (Å²) in [5.74, 6) is 0.454. The maximum absolute atomic E-state index is 11.0. The molecule has 1 aromatic rings. The molecule has 2 rings (SSSR count). The van der Waals surface area contributed by atoms with E-state index >= 15 is 0 Å². The minimum absolute atomic E-state index is 0.259. The van der Waals surface area contributed by atoms with Crippen molar-refractivity contribution in [2.75, 3.05) is 0 Å². The SMILES string of the molecule is C=C1CC(c2ccccc2)OC(=O)O1. The highest BCUT2D eigenvalue weighted by atomic mass is 16.7. The standard InChI is InChI=1S/C11H10O3/c1-8-7-10(14-11(12)13-8)9-5-3-2-4-6-9/h2-6,10H,1,7H2. The molecule has 0 aliphatic carbocycles. The summed E-state index contributed by atoms with van der Waals surface area (Å²) in [4.78, 5) is 11.0. The van der Waals surface area contributed by atoms with E-state index in [1.54, 1.807) is 0 Å². The monoisotopic (exact) mass is 190 g/mol. The van der Waals surface area contributed by atoms with Gasteiger partial charge in [0.1, 0.15) is 11.9 Å². The van der Waals surface area contributed by atoms with Crippen molar-refractivity contribution in [2.45, 2.75) is 12.5 Å². The van der Waals surface area contributed by atoms with Gasteiger partial charge in [-0.15, -0.1) is 0 Å². The van der Waals surface area contributed by atoms with Crippen LogP contribution in [-0.2, 0) is 9.47 Å². The van der Waals surface area contributed by atoms with Gasteiger partial charge in [-0.2, -0.15) is 0 Å². The molecule has 0 bridgehead atoms. The maximum Gasteiger partial charge on any atom is 0.514 e. The molecule has 0 amide bonds. The van der Waals surface area contributed by atoms with Crippen LogP contribution in [-0.4, -0.2) is 6.16 Å². The van der Waals surface area contributed by atoms with Crippen LogP contribution in [0.1, 0.15) is 18.1 Å². The molecule has 72 valence electrons. The van der Waals surface area contributed by atoms with Gasteiger partial charge in [-0.3, -0.25) is 0 Å². The Bertz CT molecular complexity index is 340. The normalized spacial score (nSPS) is 21.3. The summed E-state index contributed by atoms with van der Waals surface area (Å²) in [6.07, 6.45) is -0.407. The van der Waals surface area contributed by atoms with Gasteiger partial charge in [-0.25, -0.2) is 4.79 Å². The molecule has 1 saturated heterocycles. The third-order valence-corrected chi connectivity index (χ3v) is 2.05. The molecule has 0 spiro atoms. The zero-order chi connectivity index (χ0) is 9.97. The highest BCUT2D eigenvalue weighted by Crippen LogP contribution is 2.29. The molecule has 0 aromatic heterocycles. The molecule has 0 saturated carbocycles. The molecule has 0 radical (unpaired) electrons. The molecule has 1 aliphatic rings. The zero-order valence-electron chi connectivity index (χ0n) is 7.60. The second-order valence-corrected chi connectivity index (χ2v) is 3.11. The van der Waals surface area contributed by atoms with E-state index in [-0.39, 0.29) is 6.10 Å². The minimum Gasteiger partial charge on any atom is -0.425 e. The Morgan fingerprint density at radius 1 is 1.29 bits per heavy atom. The fraction of sp³-hybridized carbons (Fsp3) is 0.182. The smallest absolute Gasteiger partial charge is 0.425 e. The molecule has 1 atom stereocenters. The number of hydrogen-bond donors (Lipinski definition) is 0. The molecular weight excluding hydrogens is 180 g/mol. The highest BCUT2D eigenvalue weighted by Gasteiger charge is 2.25. The van der Waals surface area contributed by atoms with Crippen LogP contribution in [0.4, 0.5) is 4.79 Å². The van der Waals surface area contributed by atoms with Crippen LogP contribution in [0.2, 0.25) is 0 Å². The summed E-state index contributed by atoms with van der Waals surface area (Å²) in [6.45, 7) is 3.62. The fourth-order valence-corrected chi connectivity index (χ4v) is 1.40. The van der Waals surface area contributed by atoms with E-state index in [1.165, 1.54) is 0 Å². The van der Waals surface area contributed by atoms with Crippen LogP contribution < -0.4 is 0 Å². The Kier molecular flexibility index (Phi) is 2.23. The molecule has 1 aliphatic heterocycles. The Morgan fingerprint density at radius 3 is 2.64 bits per heavy atom. The van der Waals surface area contributed by atoms with Crippen LogP contribution in [0, 0.1) is 0 Å². The summed E-state index contributed by atoms with van der Waals surface area (Å²) in [5.41, 5.74) is 0.963. The third-order valence-electron chi connectivity index (χ3n) is 2.05. The third kappa shape index (κ3) is 1.76. The van der Waals surface area contributed by atoms with Gasteiger partial charge in [-0.1, -0.05) is 36.9 Å². The molecule has 1 fully saturated rings. The van der Waals surface area contributed by atoms with Gasteiger partial charge in [0, 0.05) is 6.42 Å². The quantitative estimate of drug-likeness (QED) is 0.639. The lowest BCUT2D eigenvalue weighted by atomic mass is 10.1. The topological polar surface area (TPSA) is 35.5 Å². The Morgan fingerprint density at radius 2 is 2.00 bits per heavy atom. The first-order valence-corrected chi connectivity index (χ1v) is 4.37. The molecule has 3 nitrogen and oxygen atoms in total. The first-order chi connectivity index (χ1) is 6.75. The number of ether oxygens (including phenoxy) is 2. The van der Waals surface area contributed by atoms with Crippen molar-refractivity contribution in [2.24, 2.45) is 0 Å². The van der Waals surface area contributed by atoms with Crippen molar-refractivity contribution >= 4 is 6.16 Å². The Labute approximate surface area is 81.9 Å². The predicted molar refractivity (Wildman–Crippen MR) is 50.5 cm³/mol. The molecule has 1 unspecified atom stereocenters. The molecule has 0 N–H and O–H groups in total. The van der Waals surface area contributed by atoms with Crippen LogP contribution in [0.5, 0.6) is 0 Å². The zero-order valence-corrected chi connectivity index (χ0v) is 7.60. The minimum atomic E-state index is -0.671. The second kappa shape index (κ2) is 3.54. The maximum atomic E-state index is 11.0. The molecule has 14 heavy (non-hydrogen) atoms. The van der Waals surface area contributed by atoms with Crippen molar-refractivity contribution in [3.05, 3.63) is 48.2 Å².